The van der Waals surface area contributed by atoms with Crippen LogP contribution in [0.4, 0.5) is 0 Å². The number of aromatic amines is 1. The zero-order valence-electron chi connectivity index (χ0n) is 13.5. The van der Waals surface area contributed by atoms with Gasteiger partial charge in [0.15, 0.2) is 0 Å². The topological polar surface area (TPSA) is 66.8 Å². The molecule has 2 aromatic heterocycles. The minimum Gasteiger partial charge on any atom is -0.338 e. The molecule has 0 aromatic carbocycles. The Kier molecular flexibility index (Phi) is 4.71. The van der Waals surface area contributed by atoms with E-state index in [1.54, 1.807) is 22.0 Å². The van der Waals surface area contributed by atoms with E-state index >= 15 is 0 Å². The molecule has 1 N–H and O–H groups in total. The minimum atomic E-state index is -0.384. The normalized spacial score (nSPS) is 15.8. The van der Waals surface area contributed by atoms with Crippen molar-refractivity contribution in [3.63, 3.8) is 0 Å². The van der Waals surface area contributed by atoms with Crippen LogP contribution in [-0.4, -0.2) is 37.8 Å². The number of rotatable bonds is 4. The number of aromatic nitrogens is 4. The Labute approximate surface area is 140 Å². The second-order valence-electron chi connectivity index (χ2n) is 6.20. The summed E-state index contributed by atoms with van der Waals surface area (Å²) in [5, 5.41) is 12.2. The summed E-state index contributed by atoms with van der Waals surface area (Å²) in [7, 11) is 1.81. The third-order valence-corrected chi connectivity index (χ3v) is 4.67. The molecule has 124 valence electrons. The fourth-order valence-corrected chi connectivity index (χ4v) is 3.26. The number of carbonyl (C=O) groups is 1. The van der Waals surface area contributed by atoms with Crippen LogP contribution in [0.2, 0.25) is 5.02 Å². The van der Waals surface area contributed by atoms with Crippen molar-refractivity contribution < 1.29 is 4.79 Å². The van der Waals surface area contributed by atoms with Crippen LogP contribution < -0.4 is 0 Å². The van der Waals surface area contributed by atoms with Gasteiger partial charge >= 0.3 is 0 Å². The number of carbonyl (C=O) groups excluding carboxylic acids is 1. The predicted molar refractivity (Wildman–Crippen MR) is 88.3 cm³/mol. The molecular formula is C16H22ClN5O. The minimum absolute atomic E-state index is 0.00450. The number of nitrogens with zero attached hydrogens (tertiary/aromatic N) is 4. The number of hydrogen-bond donors (Lipinski definition) is 1. The lowest BCUT2D eigenvalue weighted by Crippen LogP contribution is -2.33. The number of aryl methyl sites for hydroxylation is 1. The summed E-state index contributed by atoms with van der Waals surface area (Å²) in [6.07, 6.45) is 8.97. The van der Waals surface area contributed by atoms with Crippen molar-refractivity contribution in [2.75, 3.05) is 7.05 Å². The van der Waals surface area contributed by atoms with Crippen molar-refractivity contribution in [3.8, 4) is 0 Å². The van der Waals surface area contributed by atoms with Crippen LogP contribution >= 0.6 is 11.6 Å². The van der Waals surface area contributed by atoms with Gasteiger partial charge in [0, 0.05) is 18.9 Å². The molecule has 0 aliphatic heterocycles. The van der Waals surface area contributed by atoms with Crippen molar-refractivity contribution in [3.05, 3.63) is 34.4 Å². The molecule has 1 aliphatic carbocycles. The first-order valence-corrected chi connectivity index (χ1v) is 8.43. The Morgan fingerprint density at radius 1 is 1.43 bits per heavy atom. The van der Waals surface area contributed by atoms with Gasteiger partial charge < -0.3 is 4.90 Å². The number of fused-ring (bicyclic) bond motifs is 1. The maximum atomic E-state index is 12.6. The van der Waals surface area contributed by atoms with Crippen LogP contribution in [0.5, 0.6) is 0 Å². The summed E-state index contributed by atoms with van der Waals surface area (Å²) in [5.74, 6) is -0.00450. The summed E-state index contributed by atoms with van der Waals surface area (Å²) in [6, 6.07) is -0.384. The van der Waals surface area contributed by atoms with Gasteiger partial charge in [-0.05, 0) is 38.2 Å². The van der Waals surface area contributed by atoms with Gasteiger partial charge in [0.2, 0.25) is 5.91 Å². The first-order valence-electron chi connectivity index (χ1n) is 8.06. The summed E-state index contributed by atoms with van der Waals surface area (Å²) in [4.78, 5) is 14.3. The Balaban J connectivity index is 1.70. The molecule has 23 heavy (non-hydrogen) atoms. The van der Waals surface area contributed by atoms with E-state index in [0.29, 0.717) is 11.6 Å². The fourth-order valence-electron chi connectivity index (χ4n) is 3.12. The monoisotopic (exact) mass is 335 g/mol. The molecule has 6 nitrogen and oxygen atoms in total. The lowest BCUT2D eigenvalue weighted by atomic mass is 10.1. The van der Waals surface area contributed by atoms with Crippen LogP contribution in [0.1, 0.15) is 49.2 Å². The molecule has 0 bridgehead atoms. The first-order chi connectivity index (χ1) is 11.1. The van der Waals surface area contributed by atoms with Gasteiger partial charge in [0.1, 0.15) is 6.04 Å². The highest BCUT2D eigenvalue weighted by molar-refractivity contribution is 6.30. The van der Waals surface area contributed by atoms with E-state index in [2.05, 4.69) is 15.3 Å². The lowest BCUT2D eigenvalue weighted by molar-refractivity contribution is -0.133. The molecule has 2 aromatic rings. The third kappa shape index (κ3) is 3.42. The van der Waals surface area contributed by atoms with Crippen LogP contribution in [0.25, 0.3) is 0 Å². The summed E-state index contributed by atoms with van der Waals surface area (Å²) in [6.45, 7) is 2.34. The van der Waals surface area contributed by atoms with Gasteiger partial charge in [-0.2, -0.15) is 10.2 Å². The standard InChI is InChI=1S/C16H22ClN5O/c1-11(22-9-12(17)8-18-22)16(23)21(2)10-15-13-6-4-3-5-7-14(13)19-20-15/h8-9,11H,3-7,10H2,1-2H3,(H,19,20). The smallest absolute Gasteiger partial charge is 0.247 e. The van der Waals surface area contributed by atoms with Crippen LogP contribution in [0, 0.1) is 0 Å². The molecule has 0 saturated heterocycles. The molecule has 7 heteroatoms. The number of halogens is 1. The van der Waals surface area contributed by atoms with Crippen molar-refractivity contribution in [2.24, 2.45) is 0 Å². The summed E-state index contributed by atoms with van der Waals surface area (Å²) >= 11 is 5.88. The fraction of sp³-hybridized carbons (Fsp3) is 0.562. The zero-order chi connectivity index (χ0) is 16.4. The second kappa shape index (κ2) is 6.74. The number of H-pyrrole nitrogens is 1. The maximum Gasteiger partial charge on any atom is 0.247 e. The quantitative estimate of drug-likeness (QED) is 0.874. The molecule has 3 rings (SSSR count). The highest BCUT2D eigenvalue weighted by Gasteiger charge is 2.23. The number of nitrogens with one attached hydrogen (secondary N) is 1. The first kappa shape index (κ1) is 16.1. The molecule has 1 atom stereocenters. The van der Waals surface area contributed by atoms with Crippen molar-refractivity contribution >= 4 is 17.5 Å². The third-order valence-electron chi connectivity index (χ3n) is 4.48. The van der Waals surface area contributed by atoms with Gasteiger partial charge in [-0.3, -0.25) is 14.6 Å². The van der Waals surface area contributed by atoms with Crippen LogP contribution in [0.15, 0.2) is 12.4 Å². The van der Waals surface area contributed by atoms with E-state index in [9.17, 15) is 4.79 Å². The molecule has 2 heterocycles. The number of likely N-dealkylation sites (N-methyl/N-ethyl adjacent to an activating group) is 1. The molecule has 1 aliphatic rings. The number of amides is 1. The highest BCUT2D eigenvalue weighted by atomic mass is 35.5. The van der Waals surface area contributed by atoms with Crippen molar-refractivity contribution in [1.29, 1.82) is 0 Å². The molecule has 1 unspecified atom stereocenters. The highest BCUT2D eigenvalue weighted by Crippen LogP contribution is 2.23. The van der Waals surface area contributed by atoms with E-state index in [0.717, 1.165) is 18.5 Å². The van der Waals surface area contributed by atoms with Crippen molar-refractivity contribution in [2.45, 2.75) is 51.6 Å². The van der Waals surface area contributed by atoms with Gasteiger partial charge in [0.05, 0.1) is 23.5 Å². The summed E-state index contributed by atoms with van der Waals surface area (Å²) in [5.41, 5.74) is 3.53. The van der Waals surface area contributed by atoms with E-state index in [1.807, 2.05) is 14.0 Å². The van der Waals surface area contributed by atoms with Gasteiger partial charge in [-0.15, -0.1) is 0 Å². The molecule has 1 amide bonds. The predicted octanol–water partition coefficient (Wildman–Crippen LogP) is 2.75. The lowest BCUT2D eigenvalue weighted by Gasteiger charge is -2.21. The maximum absolute atomic E-state index is 12.6. The van der Waals surface area contributed by atoms with Crippen molar-refractivity contribution in [1.82, 2.24) is 24.9 Å². The second-order valence-corrected chi connectivity index (χ2v) is 6.63. The van der Waals surface area contributed by atoms with Gasteiger partial charge in [0.25, 0.3) is 0 Å². The van der Waals surface area contributed by atoms with Crippen LogP contribution in [-0.2, 0) is 24.2 Å². The van der Waals surface area contributed by atoms with Gasteiger partial charge in [-0.1, -0.05) is 18.0 Å². The SMILES string of the molecule is CC(C(=O)N(C)Cc1n[nH]c2c1CCCCC2)n1cc(Cl)cn1. The Hall–Kier alpha value is -1.82. The Morgan fingerprint density at radius 3 is 2.96 bits per heavy atom. The van der Waals surface area contributed by atoms with Gasteiger partial charge in [-0.25, -0.2) is 0 Å². The van der Waals surface area contributed by atoms with E-state index in [1.165, 1.54) is 30.5 Å². The molecule has 0 fully saturated rings. The zero-order valence-corrected chi connectivity index (χ0v) is 14.3. The molecule has 0 spiro atoms. The Morgan fingerprint density at radius 2 is 2.22 bits per heavy atom. The average Bonchev–Trinajstić information content (AvgIpc) is 3.05. The summed E-state index contributed by atoms with van der Waals surface area (Å²) < 4.78 is 1.59. The largest absolute Gasteiger partial charge is 0.338 e. The van der Waals surface area contributed by atoms with E-state index < -0.39 is 0 Å². The molecule has 0 saturated carbocycles. The molecule has 0 radical (unpaired) electrons. The molecular weight excluding hydrogens is 314 g/mol. The average molecular weight is 336 g/mol. The van der Waals surface area contributed by atoms with E-state index in [-0.39, 0.29) is 11.9 Å². The Bertz CT molecular complexity index is 692. The van der Waals surface area contributed by atoms with Crippen LogP contribution in [0.3, 0.4) is 0 Å². The van der Waals surface area contributed by atoms with E-state index in [4.69, 9.17) is 11.6 Å². The number of hydrogen-bond acceptors (Lipinski definition) is 3.